The fourth-order valence-electron chi connectivity index (χ4n) is 1.75. The van der Waals surface area contributed by atoms with Gasteiger partial charge in [-0.05, 0) is 18.6 Å². The summed E-state index contributed by atoms with van der Waals surface area (Å²) < 4.78 is 42.6. The van der Waals surface area contributed by atoms with Gasteiger partial charge in [-0.15, -0.1) is 0 Å². The Hall–Kier alpha value is -1.67. The van der Waals surface area contributed by atoms with Crippen molar-refractivity contribution in [3.63, 3.8) is 0 Å². The Kier molecular flexibility index (Phi) is 7.83. The van der Waals surface area contributed by atoms with E-state index in [9.17, 15) is 12.8 Å². The number of hydrogen-bond acceptors (Lipinski definition) is 4. The average Bonchev–Trinajstić information content (AvgIpc) is 2.50. The molecule has 0 aliphatic rings. The van der Waals surface area contributed by atoms with Crippen molar-refractivity contribution in [2.75, 3.05) is 39.6 Å². The summed E-state index contributed by atoms with van der Waals surface area (Å²) in [5.74, 6) is -0.448. The molecule has 6 nitrogen and oxygen atoms in total. The van der Waals surface area contributed by atoms with Gasteiger partial charge in [-0.3, -0.25) is 4.99 Å². The molecular formula is C14H22FN3O3S. The number of hydrogen-bond donors (Lipinski definition) is 2. The SMILES string of the molecule is CN=C(NCCCOC)NCCS(=O)(=O)c1ccccc1F. The third kappa shape index (κ3) is 5.98. The Morgan fingerprint density at radius 2 is 1.95 bits per heavy atom. The monoisotopic (exact) mass is 331 g/mol. The molecule has 1 aromatic carbocycles. The van der Waals surface area contributed by atoms with Crippen LogP contribution >= 0.6 is 0 Å². The van der Waals surface area contributed by atoms with E-state index < -0.39 is 15.7 Å². The van der Waals surface area contributed by atoms with Crippen LogP contribution in [0.15, 0.2) is 34.2 Å². The molecule has 0 radical (unpaired) electrons. The van der Waals surface area contributed by atoms with Crippen LogP contribution in [0, 0.1) is 5.82 Å². The number of nitrogens with one attached hydrogen (secondary N) is 2. The fraction of sp³-hybridized carbons (Fsp3) is 0.500. The molecular weight excluding hydrogens is 309 g/mol. The smallest absolute Gasteiger partial charge is 0.191 e. The standard InChI is InChI=1S/C14H22FN3O3S/c1-16-14(17-8-5-10-21-2)18-9-11-22(19,20)13-7-4-3-6-12(13)15/h3-4,6-7H,5,8-11H2,1-2H3,(H2,16,17,18). The molecule has 1 aromatic rings. The predicted octanol–water partition coefficient (Wildman–Crippen LogP) is 0.801. The van der Waals surface area contributed by atoms with E-state index >= 15 is 0 Å². The molecule has 0 amide bonds. The summed E-state index contributed by atoms with van der Waals surface area (Å²) >= 11 is 0. The number of rotatable bonds is 8. The molecule has 0 aromatic heterocycles. The zero-order chi connectivity index (χ0) is 16.4. The van der Waals surface area contributed by atoms with Gasteiger partial charge in [-0.2, -0.15) is 0 Å². The minimum atomic E-state index is -3.66. The minimum absolute atomic E-state index is 0.140. The number of sulfone groups is 1. The van der Waals surface area contributed by atoms with E-state index in [1.54, 1.807) is 14.2 Å². The fourth-order valence-corrected chi connectivity index (χ4v) is 3.00. The number of methoxy groups -OCH3 is 1. The van der Waals surface area contributed by atoms with E-state index in [1.165, 1.54) is 18.2 Å². The molecule has 0 spiro atoms. The average molecular weight is 331 g/mol. The second-order valence-electron chi connectivity index (χ2n) is 4.52. The molecule has 0 saturated carbocycles. The third-order valence-electron chi connectivity index (χ3n) is 2.88. The van der Waals surface area contributed by atoms with Crippen LogP contribution in [0.5, 0.6) is 0 Å². The Labute approximate surface area is 130 Å². The van der Waals surface area contributed by atoms with Gasteiger partial charge in [-0.1, -0.05) is 12.1 Å². The first-order valence-corrected chi connectivity index (χ1v) is 8.57. The lowest BCUT2D eigenvalue weighted by Gasteiger charge is -2.12. The van der Waals surface area contributed by atoms with Crippen LogP contribution in [-0.4, -0.2) is 54.0 Å². The van der Waals surface area contributed by atoms with Crippen molar-refractivity contribution >= 4 is 15.8 Å². The number of ether oxygens (including phenoxy) is 1. The zero-order valence-electron chi connectivity index (χ0n) is 12.8. The van der Waals surface area contributed by atoms with Gasteiger partial charge < -0.3 is 15.4 Å². The Balaban J connectivity index is 2.47. The van der Waals surface area contributed by atoms with Gasteiger partial charge in [-0.25, -0.2) is 12.8 Å². The summed E-state index contributed by atoms with van der Waals surface area (Å²) in [4.78, 5) is 3.70. The molecule has 8 heteroatoms. The lowest BCUT2D eigenvalue weighted by Crippen LogP contribution is -2.40. The van der Waals surface area contributed by atoms with Crippen molar-refractivity contribution in [1.82, 2.24) is 10.6 Å². The van der Waals surface area contributed by atoms with Gasteiger partial charge in [0.2, 0.25) is 0 Å². The van der Waals surface area contributed by atoms with E-state index in [0.29, 0.717) is 19.1 Å². The zero-order valence-corrected chi connectivity index (χ0v) is 13.6. The second-order valence-corrected chi connectivity index (χ2v) is 6.60. The molecule has 0 aliphatic heterocycles. The number of nitrogens with zero attached hydrogens (tertiary/aromatic N) is 1. The van der Waals surface area contributed by atoms with E-state index in [2.05, 4.69) is 15.6 Å². The molecule has 0 atom stereocenters. The van der Waals surface area contributed by atoms with Crippen LogP contribution in [0.1, 0.15) is 6.42 Å². The summed E-state index contributed by atoms with van der Waals surface area (Å²) in [6.07, 6.45) is 0.810. The van der Waals surface area contributed by atoms with Crippen LogP contribution in [0.25, 0.3) is 0 Å². The molecule has 0 saturated heterocycles. The number of benzene rings is 1. The largest absolute Gasteiger partial charge is 0.385 e. The van der Waals surface area contributed by atoms with E-state index in [4.69, 9.17) is 4.74 Å². The van der Waals surface area contributed by atoms with Crippen molar-refractivity contribution in [3.05, 3.63) is 30.1 Å². The first kappa shape index (κ1) is 18.4. The van der Waals surface area contributed by atoms with Crippen molar-refractivity contribution in [2.45, 2.75) is 11.3 Å². The minimum Gasteiger partial charge on any atom is -0.385 e. The Morgan fingerprint density at radius 3 is 2.59 bits per heavy atom. The highest BCUT2D eigenvalue weighted by Crippen LogP contribution is 2.14. The second kappa shape index (κ2) is 9.37. The number of guanidine groups is 1. The van der Waals surface area contributed by atoms with E-state index in [0.717, 1.165) is 12.5 Å². The van der Waals surface area contributed by atoms with Crippen LogP contribution in [0.4, 0.5) is 4.39 Å². The molecule has 0 aliphatic carbocycles. The summed E-state index contributed by atoms with van der Waals surface area (Å²) in [7, 11) is -0.444. The van der Waals surface area contributed by atoms with Gasteiger partial charge in [0.05, 0.1) is 5.75 Å². The van der Waals surface area contributed by atoms with Crippen LogP contribution in [0.3, 0.4) is 0 Å². The van der Waals surface area contributed by atoms with E-state index in [-0.39, 0.29) is 17.2 Å². The van der Waals surface area contributed by atoms with Crippen molar-refractivity contribution in [2.24, 2.45) is 4.99 Å². The normalized spacial score (nSPS) is 12.2. The molecule has 0 fully saturated rings. The maximum Gasteiger partial charge on any atom is 0.191 e. The Morgan fingerprint density at radius 1 is 1.27 bits per heavy atom. The lowest BCUT2D eigenvalue weighted by molar-refractivity contribution is 0.195. The topological polar surface area (TPSA) is 79.8 Å². The van der Waals surface area contributed by atoms with Gasteiger partial charge in [0.15, 0.2) is 15.8 Å². The van der Waals surface area contributed by atoms with Crippen LogP contribution in [0.2, 0.25) is 0 Å². The maximum absolute atomic E-state index is 13.5. The number of aliphatic imine (C=N–C) groups is 1. The molecule has 22 heavy (non-hydrogen) atoms. The van der Waals surface area contributed by atoms with Gasteiger partial charge >= 0.3 is 0 Å². The summed E-state index contributed by atoms with van der Waals surface area (Å²) in [5, 5.41) is 5.92. The first-order valence-electron chi connectivity index (χ1n) is 6.92. The van der Waals surface area contributed by atoms with Crippen LogP contribution < -0.4 is 10.6 Å². The predicted molar refractivity (Wildman–Crippen MR) is 84.3 cm³/mol. The van der Waals surface area contributed by atoms with Crippen LogP contribution in [-0.2, 0) is 14.6 Å². The highest BCUT2D eigenvalue weighted by Gasteiger charge is 2.18. The number of halogens is 1. The van der Waals surface area contributed by atoms with Gasteiger partial charge in [0.25, 0.3) is 0 Å². The van der Waals surface area contributed by atoms with Gasteiger partial charge in [0.1, 0.15) is 10.7 Å². The Bertz CT molecular complexity index is 591. The lowest BCUT2D eigenvalue weighted by atomic mass is 10.3. The van der Waals surface area contributed by atoms with Crippen molar-refractivity contribution in [1.29, 1.82) is 0 Å². The summed E-state index contributed by atoms with van der Waals surface area (Å²) in [5.41, 5.74) is 0. The van der Waals surface area contributed by atoms with Crippen molar-refractivity contribution < 1.29 is 17.5 Å². The molecule has 124 valence electrons. The molecule has 0 bridgehead atoms. The maximum atomic E-state index is 13.5. The van der Waals surface area contributed by atoms with E-state index in [1.807, 2.05) is 0 Å². The quantitative estimate of drug-likeness (QED) is 0.418. The van der Waals surface area contributed by atoms with Crippen molar-refractivity contribution in [3.8, 4) is 0 Å². The first-order chi connectivity index (χ1) is 10.5. The molecule has 1 rings (SSSR count). The molecule has 2 N–H and O–H groups in total. The third-order valence-corrected chi connectivity index (χ3v) is 4.62. The van der Waals surface area contributed by atoms with Gasteiger partial charge in [0, 0.05) is 33.9 Å². The highest BCUT2D eigenvalue weighted by molar-refractivity contribution is 7.91. The molecule has 0 unspecified atom stereocenters. The summed E-state index contributed by atoms with van der Waals surface area (Å²) in [6, 6.07) is 5.36. The molecule has 0 heterocycles. The highest BCUT2D eigenvalue weighted by atomic mass is 32.2. The summed E-state index contributed by atoms with van der Waals surface area (Å²) in [6.45, 7) is 1.43.